The molecule has 0 aromatic heterocycles. The number of fused-ring (bicyclic) bond motifs is 1. The molecule has 1 aromatic carbocycles. The van der Waals surface area contributed by atoms with Crippen LogP contribution in [0, 0.1) is 5.41 Å². The molecule has 0 heterocycles. The molecule has 0 amide bonds. The van der Waals surface area contributed by atoms with Crippen LogP contribution in [0.3, 0.4) is 0 Å². The first-order chi connectivity index (χ1) is 9.71. The zero-order chi connectivity index (χ0) is 14.0. The summed E-state index contributed by atoms with van der Waals surface area (Å²) in [7, 11) is 12.1. The van der Waals surface area contributed by atoms with Crippen LogP contribution in [0.2, 0.25) is 4.13 Å². The second kappa shape index (κ2) is 6.34. The molecule has 2 aliphatic rings. The first kappa shape index (κ1) is 14.8. The third-order valence-corrected chi connectivity index (χ3v) is 8.31. The van der Waals surface area contributed by atoms with E-state index in [1.807, 2.05) is 0 Å². The van der Waals surface area contributed by atoms with Crippen LogP contribution in [0.5, 0.6) is 0 Å². The number of hydrogen-bond donors (Lipinski definition) is 0. The van der Waals surface area contributed by atoms with Crippen LogP contribution < -0.4 is 0 Å². The van der Waals surface area contributed by atoms with E-state index in [-0.39, 0.29) is 5.41 Å². The van der Waals surface area contributed by atoms with Crippen molar-refractivity contribution in [2.75, 3.05) is 0 Å². The van der Waals surface area contributed by atoms with Gasteiger partial charge in [-0.05, 0) is 0 Å². The van der Waals surface area contributed by atoms with Gasteiger partial charge >= 0.3 is 137 Å². The average molecular weight is 383 g/mol. The quantitative estimate of drug-likeness (QED) is 0.582. The van der Waals surface area contributed by atoms with E-state index in [1.165, 1.54) is 11.1 Å². The van der Waals surface area contributed by atoms with Gasteiger partial charge in [-0.1, -0.05) is 0 Å². The standard InChI is InChI=1S/C17H17.2ClH.Zr/c1-2-11-17(12-5-6-13-17)16-10-9-14-7-3-4-8-15(14)16;;;/h3-10,12-13,16H,1-2,11H2;2*1H;/q;;;+2/p-2. The second-order valence-electron chi connectivity index (χ2n) is 5.49. The summed E-state index contributed by atoms with van der Waals surface area (Å²) in [5.74, 6) is 0.450. The van der Waals surface area contributed by atoms with Crippen molar-refractivity contribution in [2.45, 2.75) is 22.9 Å². The van der Waals surface area contributed by atoms with E-state index in [9.17, 15) is 0 Å². The third-order valence-electron chi connectivity index (χ3n) is 4.28. The van der Waals surface area contributed by atoms with Gasteiger partial charge in [0.05, 0.1) is 0 Å². The van der Waals surface area contributed by atoms with Crippen LogP contribution in [0.15, 0.2) is 54.6 Å². The van der Waals surface area contributed by atoms with Crippen LogP contribution in [0.4, 0.5) is 0 Å². The molecule has 1 unspecified atom stereocenters. The zero-order valence-corrected chi connectivity index (χ0v) is 15.2. The summed E-state index contributed by atoms with van der Waals surface area (Å²) in [6.07, 6.45) is 15.9. The van der Waals surface area contributed by atoms with Gasteiger partial charge in [0.2, 0.25) is 0 Å². The predicted octanol–water partition coefficient (Wildman–Crippen LogP) is 6.03. The van der Waals surface area contributed by atoms with E-state index in [2.05, 4.69) is 60.7 Å². The van der Waals surface area contributed by atoms with E-state index in [0.717, 1.165) is 17.0 Å². The molecule has 2 aliphatic carbocycles. The van der Waals surface area contributed by atoms with E-state index >= 15 is 0 Å². The molecule has 0 fully saturated rings. The Balaban J connectivity index is 1.84. The molecule has 0 aliphatic heterocycles. The van der Waals surface area contributed by atoms with Gasteiger partial charge in [0, 0.05) is 0 Å². The first-order valence-corrected chi connectivity index (χ1v) is 15.1. The molecule has 0 N–H and O–H groups in total. The first-order valence-electron chi connectivity index (χ1n) is 7.02. The van der Waals surface area contributed by atoms with Gasteiger partial charge in [-0.25, -0.2) is 0 Å². The molecule has 0 radical (unpaired) electrons. The van der Waals surface area contributed by atoms with Gasteiger partial charge < -0.3 is 0 Å². The van der Waals surface area contributed by atoms with Crippen molar-refractivity contribution in [2.24, 2.45) is 5.41 Å². The summed E-state index contributed by atoms with van der Waals surface area (Å²) < 4.78 is 1.05. The molecule has 1 aromatic rings. The Morgan fingerprint density at radius 1 is 1.10 bits per heavy atom. The fourth-order valence-corrected chi connectivity index (χ4v) is 5.97. The fourth-order valence-electron chi connectivity index (χ4n) is 3.30. The van der Waals surface area contributed by atoms with Gasteiger partial charge in [-0.2, -0.15) is 0 Å². The number of hydrogen-bond acceptors (Lipinski definition) is 0. The van der Waals surface area contributed by atoms with Crippen molar-refractivity contribution in [1.29, 1.82) is 0 Å². The summed E-state index contributed by atoms with van der Waals surface area (Å²) in [5, 5.41) is 0. The molecule has 1 atom stereocenters. The van der Waals surface area contributed by atoms with Gasteiger partial charge in [-0.15, -0.1) is 0 Å². The van der Waals surface area contributed by atoms with Crippen LogP contribution >= 0.6 is 17.0 Å². The maximum absolute atomic E-state index is 6.06. The summed E-state index contributed by atoms with van der Waals surface area (Å²) >= 11 is -2.00. The Hall–Kier alpha value is -0.0969. The van der Waals surface area contributed by atoms with Crippen molar-refractivity contribution in [3.8, 4) is 0 Å². The molecule has 0 saturated heterocycles. The number of rotatable bonds is 5. The van der Waals surface area contributed by atoms with E-state index in [0.29, 0.717) is 5.92 Å². The Bertz CT molecular complexity index is 560. The van der Waals surface area contributed by atoms with Crippen molar-refractivity contribution < 1.29 is 19.4 Å². The van der Waals surface area contributed by atoms with E-state index in [4.69, 9.17) is 17.0 Å². The van der Waals surface area contributed by atoms with Crippen molar-refractivity contribution >= 4 is 23.1 Å². The van der Waals surface area contributed by atoms with Crippen LogP contribution in [0.1, 0.15) is 29.9 Å². The maximum atomic E-state index is 6.06. The average Bonchev–Trinajstić information content (AvgIpc) is 3.05. The van der Waals surface area contributed by atoms with Crippen molar-refractivity contribution in [3.63, 3.8) is 0 Å². The van der Waals surface area contributed by atoms with Gasteiger partial charge in [0.1, 0.15) is 0 Å². The topological polar surface area (TPSA) is 0 Å². The summed E-state index contributed by atoms with van der Waals surface area (Å²) in [5.41, 5.74) is 2.92. The SMILES string of the molecule is [Cl][Zr]([Cl])[CH2]CCC1(C2C=Cc3ccccc32)C=CC=C1. The predicted molar refractivity (Wildman–Crippen MR) is 84.7 cm³/mol. The van der Waals surface area contributed by atoms with Crippen molar-refractivity contribution in [3.05, 3.63) is 65.8 Å². The number of allylic oxidation sites excluding steroid dienone is 5. The van der Waals surface area contributed by atoms with Crippen LogP contribution in [-0.4, -0.2) is 0 Å². The fraction of sp³-hybridized carbons (Fsp3) is 0.294. The number of halogens is 2. The van der Waals surface area contributed by atoms with Gasteiger partial charge in [-0.3, -0.25) is 0 Å². The summed E-state index contributed by atoms with van der Waals surface area (Å²) in [6.45, 7) is 0. The Morgan fingerprint density at radius 2 is 1.85 bits per heavy atom. The second-order valence-corrected chi connectivity index (χ2v) is 14.9. The van der Waals surface area contributed by atoms with Gasteiger partial charge in [0.25, 0.3) is 0 Å². The molecule has 0 nitrogen and oxygen atoms in total. The van der Waals surface area contributed by atoms with E-state index < -0.39 is 19.4 Å². The zero-order valence-electron chi connectivity index (χ0n) is 11.2. The molecule has 103 valence electrons. The minimum absolute atomic E-state index is 0.121. The minimum atomic E-state index is -2.00. The van der Waals surface area contributed by atoms with Crippen LogP contribution in [-0.2, 0) is 19.4 Å². The third kappa shape index (κ3) is 2.91. The Morgan fingerprint density at radius 3 is 2.60 bits per heavy atom. The Labute approximate surface area is 135 Å². The molecule has 0 spiro atoms. The monoisotopic (exact) mass is 381 g/mol. The molecule has 3 heteroatoms. The summed E-state index contributed by atoms with van der Waals surface area (Å²) in [4.78, 5) is 0. The summed E-state index contributed by atoms with van der Waals surface area (Å²) in [6, 6.07) is 8.70. The molecule has 0 bridgehead atoms. The van der Waals surface area contributed by atoms with E-state index in [1.54, 1.807) is 0 Å². The van der Waals surface area contributed by atoms with Crippen molar-refractivity contribution in [1.82, 2.24) is 0 Å². The molecular weight excluding hydrogens is 366 g/mol. The molecular formula is C17H17Cl2Zr. The molecule has 3 rings (SSSR count). The molecule has 20 heavy (non-hydrogen) atoms. The Kier molecular flexibility index (Phi) is 4.70. The molecule has 0 saturated carbocycles. The van der Waals surface area contributed by atoms with Crippen LogP contribution in [0.25, 0.3) is 6.08 Å². The number of benzene rings is 1. The van der Waals surface area contributed by atoms with Gasteiger partial charge in [0.15, 0.2) is 0 Å². The normalized spacial score (nSPS) is 21.4.